The Bertz CT molecular complexity index is 2280. The van der Waals surface area contributed by atoms with E-state index in [4.69, 9.17) is 9.97 Å². The topological polar surface area (TPSA) is 25.8 Å². The Morgan fingerprint density at radius 3 is 2.37 bits per heavy atom. The summed E-state index contributed by atoms with van der Waals surface area (Å²) in [5, 5.41) is 1.20. The number of nitrogens with zero attached hydrogens (tertiary/aromatic N) is 2. The van der Waals surface area contributed by atoms with Crippen molar-refractivity contribution in [3.8, 4) is 22.6 Å². The van der Waals surface area contributed by atoms with Gasteiger partial charge in [-0.15, -0.1) is 11.3 Å². The number of hydrogen-bond donors (Lipinski definition) is 0. The van der Waals surface area contributed by atoms with Gasteiger partial charge in [0, 0.05) is 38.0 Å². The SMILES string of the molecule is CC1(C)C2=CC3c4ccccc4C4(CCCCC4)C3C=C2c2cc(-c3nc(-c4ccccc4)nc4c3sc3ccccc34)ccc21. The van der Waals surface area contributed by atoms with Crippen LogP contribution >= 0.6 is 11.3 Å². The Hall–Kier alpha value is -4.34. The van der Waals surface area contributed by atoms with E-state index in [9.17, 15) is 0 Å². The van der Waals surface area contributed by atoms with Crippen LogP contribution in [-0.2, 0) is 10.8 Å². The molecule has 2 heterocycles. The number of allylic oxidation sites excluding steroid dienone is 4. The standard InChI is InChI=1S/C43H36N2S/c1-42(2)33-20-19-27(38-40-39(29-16-8-10-18-37(29)46-40)45-41(44-38)26-13-5-3-6-14-26)23-30(33)32-25-36-31(24-35(32)42)28-15-7-9-17-34(28)43(36)21-11-4-12-22-43/h3,5-10,13-20,23-25,31,36H,4,11-12,21-22H2,1-2H3. The van der Waals surface area contributed by atoms with E-state index >= 15 is 0 Å². The van der Waals surface area contributed by atoms with Crippen molar-refractivity contribution < 1.29 is 0 Å². The van der Waals surface area contributed by atoms with Crippen molar-refractivity contribution >= 4 is 37.2 Å². The summed E-state index contributed by atoms with van der Waals surface area (Å²) in [6.45, 7) is 4.86. The van der Waals surface area contributed by atoms with Crippen molar-refractivity contribution in [2.75, 3.05) is 0 Å². The second kappa shape index (κ2) is 9.59. The molecule has 1 fully saturated rings. The van der Waals surface area contributed by atoms with Crippen LogP contribution in [0.15, 0.2) is 115 Å². The summed E-state index contributed by atoms with van der Waals surface area (Å²) in [7, 11) is 0. The van der Waals surface area contributed by atoms with Crippen molar-refractivity contribution in [2.24, 2.45) is 5.92 Å². The molecule has 1 saturated carbocycles. The normalized spacial score (nSPS) is 21.9. The Kier molecular flexibility index (Phi) is 5.60. The third-order valence-corrected chi connectivity index (χ3v) is 13.0. The van der Waals surface area contributed by atoms with Gasteiger partial charge in [-0.2, -0.15) is 0 Å². The van der Waals surface area contributed by atoms with Gasteiger partial charge in [0.05, 0.1) is 15.9 Å². The smallest absolute Gasteiger partial charge is 0.160 e. The van der Waals surface area contributed by atoms with Gasteiger partial charge in [-0.3, -0.25) is 0 Å². The first kappa shape index (κ1) is 26.8. The van der Waals surface area contributed by atoms with Crippen molar-refractivity contribution in [3.05, 3.63) is 137 Å². The highest BCUT2D eigenvalue weighted by Crippen LogP contribution is 2.64. The molecule has 4 aromatic carbocycles. The molecule has 3 heteroatoms. The largest absolute Gasteiger partial charge is 0.226 e. The van der Waals surface area contributed by atoms with Gasteiger partial charge in [0.25, 0.3) is 0 Å². The minimum atomic E-state index is -0.0459. The lowest BCUT2D eigenvalue weighted by Gasteiger charge is -2.41. The fourth-order valence-corrected chi connectivity index (χ4v) is 10.8. The summed E-state index contributed by atoms with van der Waals surface area (Å²) in [4.78, 5) is 10.5. The van der Waals surface area contributed by atoms with Crippen molar-refractivity contribution in [1.82, 2.24) is 9.97 Å². The summed E-state index contributed by atoms with van der Waals surface area (Å²) >= 11 is 1.81. The molecule has 0 bridgehead atoms. The van der Waals surface area contributed by atoms with Gasteiger partial charge in [0.2, 0.25) is 0 Å². The first-order chi connectivity index (χ1) is 22.5. The predicted octanol–water partition coefficient (Wildman–Crippen LogP) is 11.4. The van der Waals surface area contributed by atoms with Crippen LogP contribution in [0.5, 0.6) is 0 Å². The molecule has 10 rings (SSSR count). The minimum absolute atomic E-state index is 0.0459. The molecule has 0 amide bonds. The molecule has 46 heavy (non-hydrogen) atoms. The zero-order valence-electron chi connectivity index (χ0n) is 26.4. The van der Waals surface area contributed by atoms with E-state index in [1.165, 1.54) is 74.7 Å². The second-order valence-corrected chi connectivity index (χ2v) is 15.5. The Morgan fingerprint density at radius 1 is 0.717 bits per heavy atom. The van der Waals surface area contributed by atoms with Crippen LogP contribution in [0.4, 0.5) is 0 Å². The van der Waals surface area contributed by atoms with Crippen molar-refractivity contribution in [3.63, 3.8) is 0 Å². The lowest BCUT2D eigenvalue weighted by molar-refractivity contribution is 0.233. The van der Waals surface area contributed by atoms with Gasteiger partial charge < -0.3 is 0 Å². The summed E-state index contributed by atoms with van der Waals surface area (Å²) in [5.74, 6) is 1.78. The average Bonchev–Trinajstić information content (AvgIpc) is 3.68. The average molecular weight is 613 g/mol. The number of hydrogen-bond acceptors (Lipinski definition) is 3. The molecule has 2 aromatic heterocycles. The van der Waals surface area contributed by atoms with E-state index in [-0.39, 0.29) is 10.8 Å². The van der Waals surface area contributed by atoms with E-state index in [0.717, 1.165) is 22.6 Å². The van der Waals surface area contributed by atoms with Gasteiger partial charge in [-0.05, 0) is 64.3 Å². The zero-order valence-corrected chi connectivity index (χ0v) is 27.2. The molecule has 2 atom stereocenters. The minimum Gasteiger partial charge on any atom is -0.226 e. The monoisotopic (exact) mass is 612 g/mol. The number of benzene rings is 4. The van der Waals surface area contributed by atoms with Crippen LogP contribution in [0.3, 0.4) is 0 Å². The van der Waals surface area contributed by atoms with E-state index in [2.05, 4.69) is 123 Å². The molecule has 6 aromatic rings. The highest BCUT2D eigenvalue weighted by molar-refractivity contribution is 7.26. The highest BCUT2D eigenvalue weighted by Gasteiger charge is 2.53. The molecule has 2 nitrogen and oxygen atoms in total. The van der Waals surface area contributed by atoms with Gasteiger partial charge in [0.1, 0.15) is 0 Å². The van der Waals surface area contributed by atoms with Gasteiger partial charge in [-0.25, -0.2) is 9.97 Å². The third kappa shape index (κ3) is 3.58. The number of thiophene rings is 1. The molecule has 0 aliphatic heterocycles. The molecular weight excluding hydrogens is 577 g/mol. The highest BCUT2D eigenvalue weighted by atomic mass is 32.1. The Labute approximate surface area is 274 Å². The fraction of sp³-hybridized carbons (Fsp3) is 0.256. The maximum atomic E-state index is 5.32. The summed E-state index contributed by atoms with van der Waals surface area (Å²) in [6.07, 6.45) is 12.1. The zero-order chi connectivity index (χ0) is 30.6. The predicted molar refractivity (Wildman–Crippen MR) is 192 cm³/mol. The lowest BCUT2D eigenvalue weighted by atomic mass is 9.62. The lowest BCUT2D eigenvalue weighted by Crippen LogP contribution is -2.35. The quantitative estimate of drug-likeness (QED) is 0.194. The first-order valence-electron chi connectivity index (χ1n) is 17.0. The van der Waals surface area contributed by atoms with Crippen LogP contribution in [-0.4, -0.2) is 9.97 Å². The molecule has 0 saturated heterocycles. The number of aromatic nitrogens is 2. The molecule has 1 spiro atoms. The molecule has 0 N–H and O–H groups in total. The van der Waals surface area contributed by atoms with Crippen LogP contribution < -0.4 is 0 Å². The first-order valence-corrected chi connectivity index (χ1v) is 17.8. The second-order valence-electron chi connectivity index (χ2n) is 14.4. The number of rotatable bonds is 2. The van der Waals surface area contributed by atoms with E-state index in [1.54, 1.807) is 11.1 Å². The van der Waals surface area contributed by atoms with Crippen molar-refractivity contribution in [1.29, 1.82) is 0 Å². The van der Waals surface area contributed by atoms with Crippen LogP contribution in [0.1, 0.15) is 74.1 Å². The molecule has 2 unspecified atom stereocenters. The molecule has 4 aliphatic carbocycles. The summed E-state index contributed by atoms with van der Waals surface area (Å²) in [5.41, 5.74) is 13.5. The molecule has 224 valence electrons. The third-order valence-electron chi connectivity index (χ3n) is 11.8. The summed E-state index contributed by atoms with van der Waals surface area (Å²) < 4.78 is 2.42. The van der Waals surface area contributed by atoms with E-state index in [0.29, 0.717) is 11.8 Å². The molecule has 0 radical (unpaired) electrons. The van der Waals surface area contributed by atoms with Gasteiger partial charge in [0.15, 0.2) is 5.82 Å². The Balaban J connectivity index is 1.18. The molecule has 4 aliphatic rings. The van der Waals surface area contributed by atoms with Crippen LogP contribution in [0, 0.1) is 5.92 Å². The summed E-state index contributed by atoms with van der Waals surface area (Å²) in [6, 6.07) is 35.7. The van der Waals surface area contributed by atoms with Crippen LogP contribution in [0.25, 0.3) is 48.5 Å². The number of fused-ring (bicyclic) bond motifs is 11. The fourth-order valence-electron chi connectivity index (χ4n) is 9.63. The van der Waals surface area contributed by atoms with E-state index < -0.39 is 0 Å². The maximum Gasteiger partial charge on any atom is 0.160 e. The molecular formula is C43H36N2S. The van der Waals surface area contributed by atoms with Gasteiger partial charge in [-0.1, -0.05) is 130 Å². The van der Waals surface area contributed by atoms with Crippen LogP contribution in [0.2, 0.25) is 0 Å². The Morgan fingerprint density at radius 2 is 1.50 bits per heavy atom. The van der Waals surface area contributed by atoms with Gasteiger partial charge >= 0.3 is 0 Å². The van der Waals surface area contributed by atoms with Crippen molar-refractivity contribution in [2.45, 2.75) is 62.7 Å². The van der Waals surface area contributed by atoms with E-state index in [1.807, 2.05) is 11.3 Å². The maximum absolute atomic E-state index is 5.32.